The van der Waals surface area contributed by atoms with Gasteiger partial charge in [-0.25, -0.2) is 13.2 Å². The fourth-order valence-electron chi connectivity index (χ4n) is 2.97. The Morgan fingerprint density at radius 2 is 1.54 bits per heavy atom. The van der Waals surface area contributed by atoms with Crippen molar-refractivity contribution in [3.63, 3.8) is 0 Å². The standard InChI is InChI=1S/C23H22F3N3O4S2/c1-35(32,33)29-20-14-18(8-11-21(20)30)28-22(31)27-17-6-9-19(10-7-17)34-13-12-15-2-4-16(5-3-15)23(24,25)26/h2-11,14,29-30H,12-13H2,1H3,(H2,27,28,31). The van der Waals surface area contributed by atoms with E-state index in [4.69, 9.17) is 0 Å². The van der Waals surface area contributed by atoms with Crippen LogP contribution >= 0.6 is 11.8 Å². The highest BCUT2D eigenvalue weighted by molar-refractivity contribution is 7.99. The minimum atomic E-state index is -4.34. The van der Waals surface area contributed by atoms with Crippen molar-refractivity contribution in [3.05, 3.63) is 77.9 Å². The predicted molar refractivity (Wildman–Crippen MR) is 132 cm³/mol. The van der Waals surface area contributed by atoms with Gasteiger partial charge in [-0.15, -0.1) is 11.8 Å². The molecule has 0 aromatic heterocycles. The molecule has 0 radical (unpaired) electrons. The monoisotopic (exact) mass is 525 g/mol. The number of hydrogen-bond donors (Lipinski definition) is 4. The Bertz CT molecular complexity index is 1280. The number of benzene rings is 3. The van der Waals surface area contributed by atoms with Gasteiger partial charge < -0.3 is 15.7 Å². The first-order valence-electron chi connectivity index (χ1n) is 10.2. The molecule has 4 N–H and O–H groups in total. The molecule has 186 valence electrons. The Hall–Kier alpha value is -3.38. The summed E-state index contributed by atoms with van der Waals surface area (Å²) in [5.74, 6) is 0.386. The van der Waals surface area contributed by atoms with Crippen LogP contribution < -0.4 is 15.4 Å². The largest absolute Gasteiger partial charge is 0.506 e. The molecule has 0 aliphatic heterocycles. The highest BCUT2D eigenvalue weighted by Crippen LogP contribution is 2.30. The van der Waals surface area contributed by atoms with E-state index in [2.05, 4.69) is 15.4 Å². The van der Waals surface area contributed by atoms with Gasteiger partial charge in [0.15, 0.2) is 0 Å². The van der Waals surface area contributed by atoms with Crippen LogP contribution in [-0.2, 0) is 22.6 Å². The maximum absolute atomic E-state index is 12.6. The number of phenolic OH excluding ortho intramolecular Hbond substituents is 1. The van der Waals surface area contributed by atoms with Crippen LogP contribution in [0.2, 0.25) is 0 Å². The first kappa shape index (κ1) is 26.2. The van der Waals surface area contributed by atoms with Crippen LogP contribution in [0.3, 0.4) is 0 Å². The average molecular weight is 526 g/mol. The van der Waals surface area contributed by atoms with E-state index in [0.29, 0.717) is 17.9 Å². The van der Waals surface area contributed by atoms with E-state index in [1.807, 2.05) is 12.1 Å². The van der Waals surface area contributed by atoms with Gasteiger partial charge >= 0.3 is 12.2 Å². The molecule has 0 spiro atoms. The molecule has 2 amide bonds. The van der Waals surface area contributed by atoms with Gasteiger partial charge in [0, 0.05) is 22.0 Å². The molecular weight excluding hydrogens is 503 g/mol. The van der Waals surface area contributed by atoms with Crippen LogP contribution in [0.4, 0.5) is 35.0 Å². The molecule has 0 aliphatic carbocycles. The zero-order chi connectivity index (χ0) is 25.6. The van der Waals surface area contributed by atoms with Crippen LogP contribution in [0.5, 0.6) is 5.75 Å². The molecule has 3 rings (SSSR count). The second-order valence-electron chi connectivity index (χ2n) is 7.50. The minimum Gasteiger partial charge on any atom is -0.506 e. The molecule has 0 saturated heterocycles. The number of amides is 2. The maximum atomic E-state index is 12.6. The average Bonchev–Trinajstić information content (AvgIpc) is 2.76. The van der Waals surface area contributed by atoms with Crippen molar-refractivity contribution in [3.8, 4) is 5.75 Å². The molecular formula is C23H22F3N3O4S2. The Morgan fingerprint density at radius 1 is 0.943 bits per heavy atom. The molecule has 35 heavy (non-hydrogen) atoms. The van der Waals surface area contributed by atoms with E-state index in [0.717, 1.165) is 28.8 Å². The molecule has 0 aliphatic rings. The first-order chi connectivity index (χ1) is 16.4. The summed E-state index contributed by atoms with van der Waals surface area (Å²) in [6.07, 6.45) is -2.80. The fraction of sp³-hybridized carbons (Fsp3) is 0.174. The van der Waals surface area contributed by atoms with Crippen molar-refractivity contribution < 1.29 is 31.5 Å². The Balaban J connectivity index is 1.49. The van der Waals surface area contributed by atoms with E-state index in [1.165, 1.54) is 42.1 Å². The van der Waals surface area contributed by atoms with Crippen LogP contribution in [0.15, 0.2) is 71.6 Å². The number of aromatic hydroxyl groups is 1. The number of hydrogen-bond acceptors (Lipinski definition) is 5. The Kier molecular flexibility index (Phi) is 8.18. The maximum Gasteiger partial charge on any atom is 0.416 e. The third-order valence-electron chi connectivity index (χ3n) is 4.60. The molecule has 0 saturated carbocycles. The molecule has 0 unspecified atom stereocenters. The second kappa shape index (κ2) is 10.9. The number of aryl methyl sites for hydroxylation is 1. The topological polar surface area (TPSA) is 108 Å². The lowest BCUT2D eigenvalue weighted by atomic mass is 10.1. The van der Waals surface area contributed by atoms with Gasteiger partial charge in [-0.05, 0) is 66.6 Å². The summed E-state index contributed by atoms with van der Waals surface area (Å²) in [6.45, 7) is 0. The highest BCUT2D eigenvalue weighted by atomic mass is 32.2. The van der Waals surface area contributed by atoms with Gasteiger partial charge in [0.1, 0.15) is 5.75 Å². The summed E-state index contributed by atoms with van der Waals surface area (Å²) in [7, 11) is -3.61. The normalized spacial score (nSPS) is 11.7. The molecule has 0 heterocycles. The summed E-state index contributed by atoms with van der Waals surface area (Å²) in [5.41, 5.74) is 0.856. The lowest BCUT2D eigenvalue weighted by Gasteiger charge is -2.11. The quantitative estimate of drug-likeness (QED) is 0.170. The Morgan fingerprint density at radius 3 is 2.14 bits per heavy atom. The third-order valence-corrected chi connectivity index (χ3v) is 6.21. The summed E-state index contributed by atoms with van der Waals surface area (Å²) >= 11 is 1.53. The Labute approximate surface area is 204 Å². The molecule has 0 bridgehead atoms. The van der Waals surface area contributed by atoms with Gasteiger partial charge in [-0.1, -0.05) is 12.1 Å². The molecule has 0 atom stereocenters. The summed E-state index contributed by atoms with van der Waals surface area (Å²) < 4.78 is 62.8. The van der Waals surface area contributed by atoms with Gasteiger partial charge in [0.2, 0.25) is 10.0 Å². The molecule has 12 heteroatoms. The molecule has 3 aromatic carbocycles. The van der Waals surface area contributed by atoms with Crippen molar-refractivity contribution in [1.29, 1.82) is 0 Å². The van der Waals surface area contributed by atoms with E-state index >= 15 is 0 Å². The molecule has 3 aromatic rings. The first-order valence-corrected chi connectivity index (χ1v) is 13.0. The number of alkyl halides is 3. The smallest absolute Gasteiger partial charge is 0.416 e. The van der Waals surface area contributed by atoms with Crippen LogP contribution in [0, 0.1) is 0 Å². The second-order valence-corrected chi connectivity index (χ2v) is 10.4. The van der Waals surface area contributed by atoms with Crippen molar-refractivity contribution in [2.45, 2.75) is 17.5 Å². The van der Waals surface area contributed by atoms with Gasteiger partial charge in [0.25, 0.3) is 0 Å². The molecule has 7 nitrogen and oxygen atoms in total. The number of nitrogens with one attached hydrogen (secondary N) is 3. The van der Waals surface area contributed by atoms with Crippen LogP contribution in [0.25, 0.3) is 0 Å². The van der Waals surface area contributed by atoms with Crippen LogP contribution in [-0.4, -0.2) is 31.6 Å². The van der Waals surface area contributed by atoms with E-state index in [-0.39, 0.29) is 17.1 Å². The van der Waals surface area contributed by atoms with Crippen molar-refractivity contribution in [2.24, 2.45) is 0 Å². The summed E-state index contributed by atoms with van der Waals surface area (Å²) in [6, 6.07) is 15.5. The zero-order valence-corrected chi connectivity index (χ0v) is 20.0. The van der Waals surface area contributed by atoms with Crippen molar-refractivity contribution in [2.75, 3.05) is 27.4 Å². The van der Waals surface area contributed by atoms with E-state index in [9.17, 15) is 31.5 Å². The van der Waals surface area contributed by atoms with Gasteiger partial charge in [0.05, 0.1) is 17.5 Å². The minimum absolute atomic E-state index is 0.0667. The van der Waals surface area contributed by atoms with E-state index < -0.39 is 27.8 Å². The number of carbonyl (C=O) groups excluding carboxylic acids is 1. The van der Waals surface area contributed by atoms with Gasteiger partial charge in [-0.3, -0.25) is 4.72 Å². The van der Waals surface area contributed by atoms with Gasteiger partial charge in [-0.2, -0.15) is 13.2 Å². The number of halogens is 3. The SMILES string of the molecule is CS(=O)(=O)Nc1cc(NC(=O)Nc2ccc(SCCc3ccc(C(F)(F)F)cc3)cc2)ccc1O. The number of carbonyl (C=O) groups is 1. The third kappa shape index (κ3) is 8.41. The molecule has 0 fully saturated rings. The summed E-state index contributed by atoms with van der Waals surface area (Å²) in [4.78, 5) is 13.2. The number of anilines is 3. The van der Waals surface area contributed by atoms with E-state index in [1.54, 1.807) is 12.1 Å². The number of thioether (sulfide) groups is 1. The van der Waals surface area contributed by atoms with Crippen molar-refractivity contribution >= 4 is 44.9 Å². The summed E-state index contributed by atoms with van der Waals surface area (Å²) in [5, 5.41) is 15.0. The predicted octanol–water partition coefficient (Wildman–Crippen LogP) is 5.76. The highest BCUT2D eigenvalue weighted by Gasteiger charge is 2.29. The number of phenols is 1. The zero-order valence-electron chi connectivity index (χ0n) is 18.4. The van der Waals surface area contributed by atoms with Crippen molar-refractivity contribution in [1.82, 2.24) is 0 Å². The number of sulfonamides is 1. The fourth-order valence-corrected chi connectivity index (χ4v) is 4.44. The lowest BCUT2D eigenvalue weighted by Crippen LogP contribution is -2.19. The lowest BCUT2D eigenvalue weighted by molar-refractivity contribution is -0.137. The number of rotatable bonds is 8. The van der Waals surface area contributed by atoms with Crippen LogP contribution in [0.1, 0.15) is 11.1 Å². The number of urea groups is 1.